The minimum atomic E-state index is -2.81. The molecule has 6 heterocycles. The summed E-state index contributed by atoms with van der Waals surface area (Å²) >= 11 is 12.7. The van der Waals surface area contributed by atoms with Crippen LogP contribution in [0.25, 0.3) is 56.6 Å². The van der Waals surface area contributed by atoms with E-state index in [0.717, 1.165) is 38.8 Å². The van der Waals surface area contributed by atoms with Crippen molar-refractivity contribution in [1.82, 2.24) is 35.1 Å². The van der Waals surface area contributed by atoms with Gasteiger partial charge in [-0.25, -0.2) is 37.9 Å². The van der Waals surface area contributed by atoms with Gasteiger partial charge in [0, 0.05) is 35.7 Å². The molecule has 384 valence electrons. The highest BCUT2D eigenvalue weighted by atomic mass is 35.5. The number of halogens is 5. The standard InChI is InChI=1S/C26H20ClF2N5O3.C19H17ClFN3O2.C8H8N2O2/c27-19-9-18(16-3-5-17(6-4-16)25(36)34-13-26(28,29)14-34)10-20-24(19)37-23(33-20)12-32-22(35)8-2-15-1-7-21(30)31-11-15;1-19(21)9-24(10-19)18(25)12-4-2-11(3-5-12)13-6-14(20)17-15(7-13)23-16(8-22)26-17;9-7-3-1-6(5-10-7)2-4-8(11)12/h1-11H,12-14H2,(H2,30,31)(H,32,35);2-7H,8-10,22H2,1H3;1-5H,(H2,9,10)(H,11,12)/b8-2+;;4-2+. The van der Waals surface area contributed by atoms with Gasteiger partial charge in [0.2, 0.25) is 17.7 Å². The maximum Gasteiger partial charge on any atom is 0.328 e. The Bertz CT molecular complexity index is 3460. The zero-order valence-corrected chi connectivity index (χ0v) is 41.2. The fraction of sp³-hybridized carbons (Fsp3) is 0.170. The third kappa shape index (κ3) is 13.3. The summed E-state index contributed by atoms with van der Waals surface area (Å²) in [6.07, 6.45) is 8.53. The summed E-state index contributed by atoms with van der Waals surface area (Å²) in [4.78, 5) is 66.0. The van der Waals surface area contributed by atoms with Crippen LogP contribution >= 0.6 is 23.2 Å². The smallest absolute Gasteiger partial charge is 0.328 e. The Morgan fingerprint density at radius 2 is 1.12 bits per heavy atom. The zero-order chi connectivity index (χ0) is 53.6. The molecule has 8 N–H and O–H groups in total. The van der Waals surface area contributed by atoms with E-state index >= 15 is 0 Å². The normalized spacial score (nSPS) is 14.4. The summed E-state index contributed by atoms with van der Waals surface area (Å²) < 4.78 is 50.9. The van der Waals surface area contributed by atoms with Crippen molar-refractivity contribution in [1.29, 1.82) is 0 Å². The van der Waals surface area contributed by atoms with Gasteiger partial charge in [0.1, 0.15) is 28.3 Å². The van der Waals surface area contributed by atoms with E-state index in [0.29, 0.717) is 66.5 Å². The molecule has 17 nitrogen and oxygen atoms in total. The Morgan fingerprint density at radius 3 is 1.55 bits per heavy atom. The Kier molecular flexibility index (Phi) is 15.6. The van der Waals surface area contributed by atoms with Crippen LogP contribution in [0.4, 0.5) is 24.8 Å². The van der Waals surface area contributed by atoms with Gasteiger partial charge in [-0.15, -0.1) is 0 Å². The van der Waals surface area contributed by atoms with Crippen molar-refractivity contribution >= 4 is 92.9 Å². The number of rotatable bonds is 11. The second kappa shape index (κ2) is 22.3. The molecular weight excluding hydrogens is 1020 g/mol. The number of nitrogens with one attached hydrogen (secondary N) is 1. The summed E-state index contributed by atoms with van der Waals surface area (Å²) in [5.74, 6) is -3.22. The van der Waals surface area contributed by atoms with Gasteiger partial charge < -0.3 is 46.3 Å². The molecule has 0 spiro atoms. The van der Waals surface area contributed by atoms with E-state index in [9.17, 15) is 32.3 Å². The number of hydrogen-bond acceptors (Lipinski definition) is 13. The number of carboxylic acid groups (broad SMARTS) is 1. The summed E-state index contributed by atoms with van der Waals surface area (Å²) in [5, 5.41) is 11.8. The van der Waals surface area contributed by atoms with E-state index in [1.165, 1.54) is 30.2 Å². The van der Waals surface area contributed by atoms with Crippen LogP contribution < -0.4 is 22.5 Å². The number of aromatic nitrogens is 4. The number of nitrogen functional groups attached to an aromatic ring is 2. The Balaban J connectivity index is 0.000000170. The lowest BCUT2D eigenvalue weighted by Crippen LogP contribution is -2.59. The second-order valence-electron chi connectivity index (χ2n) is 17.5. The van der Waals surface area contributed by atoms with Crippen molar-refractivity contribution in [2.45, 2.75) is 31.6 Å². The molecule has 10 rings (SSSR count). The maximum atomic E-state index is 13.6. The number of carboxylic acids is 1. The average Bonchev–Trinajstić information content (AvgIpc) is 4.02. The first-order chi connectivity index (χ1) is 35.7. The molecule has 3 amide bonds. The van der Waals surface area contributed by atoms with Crippen LogP contribution in [0.5, 0.6) is 0 Å². The number of hydrogen-bond donors (Lipinski definition) is 5. The fourth-order valence-electron chi connectivity index (χ4n) is 7.69. The number of oxazole rings is 2. The van der Waals surface area contributed by atoms with Crippen LogP contribution in [-0.4, -0.2) is 96.3 Å². The monoisotopic (exact) mass is 1060 g/mol. The van der Waals surface area contributed by atoms with Gasteiger partial charge >= 0.3 is 5.97 Å². The first kappa shape index (κ1) is 52.7. The lowest BCUT2D eigenvalue weighted by molar-refractivity contribution is -0.131. The number of fused-ring (bicyclic) bond motifs is 2. The third-order valence-electron chi connectivity index (χ3n) is 11.4. The quantitative estimate of drug-likeness (QED) is 0.0757. The van der Waals surface area contributed by atoms with Gasteiger partial charge in [-0.3, -0.25) is 14.4 Å². The molecule has 0 aliphatic carbocycles. The molecule has 22 heteroatoms. The lowest BCUT2D eigenvalue weighted by atomic mass is 9.97. The summed E-state index contributed by atoms with van der Waals surface area (Å²) in [5.41, 5.74) is 22.7. The molecule has 2 aliphatic heterocycles. The number of pyridine rings is 2. The predicted octanol–water partition coefficient (Wildman–Crippen LogP) is 9.10. The molecule has 8 aromatic rings. The average molecular weight is 1060 g/mol. The van der Waals surface area contributed by atoms with Crippen molar-refractivity contribution in [2.75, 3.05) is 37.6 Å². The molecule has 2 fully saturated rings. The van der Waals surface area contributed by atoms with Crippen molar-refractivity contribution in [3.63, 3.8) is 0 Å². The Labute approximate surface area is 435 Å². The third-order valence-corrected chi connectivity index (χ3v) is 12.0. The van der Waals surface area contributed by atoms with Gasteiger partial charge in [0.25, 0.3) is 17.7 Å². The Hall–Kier alpha value is -8.59. The highest BCUT2D eigenvalue weighted by Crippen LogP contribution is 2.34. The highest BCUT2D eigenvalue weighted by Gasteiger charge is 2.46. The molecule has 2 saturated heterocycles. The molecule has 0 atom stereocenters. The number of carbonyl (C=O) groups excluding carboxylic acids is 3. The van der Waals surface area contributed by atoms with E-state index in [-0.39, 0.29) is 43.9 Å². The molecule has 2 aliphatic rings. The molecular formula is C53H45Cl2F3N10O7. The van der Waals surface area contributed by atoms with Gasteiger partial charge in [0.15, 0.2) is 11.2 Å². The number of anilines is 2. The number of carbonyl (C=O) groups is 4. The van der Waals surface area contributed by atoms with Crippen molar-refractivity contribution in [3.8, 4) is 22.3 Å². The second-order valence-corrected chi connectivity index (χ2v) is 18.3. The van der Waals surface area contributed by atoms with E-state index in [4.69, 9.17) is 54.3 Å². The van der Waals surface area contributed by atoms with E-state index in [1.54, 1.807) is 91.1 Å². The number of aliphatic carboxylic acids is 1. The van der Waals surface area contributed by atoms with Crippen LogP contribution in [0, 0.1) is 0 Å². The summed E-state index contributed by atoms with van der Waals surface area (Å²) in [6.45, 7) is 0.891. The van der Waals surface area contributed by atoms with Crippen LogP contribution in [0.1, 0.15) is 50.5 Å². The van der Waals surface area contributed by atoms with Gasteiger partial charge in [-0.05, 0) is 125 Å². The highest BCUT2D eigenvalue weighted by molar-refractivity contribution is 6.35. The van der Waals surface area contributed by atoms with E-state index < -0.39 is 36.6 Å². The summed E-state index contributed by atoms with van der Waals surface area (Å²) in [6, 6.07) is 27.6. The van der Waals surface area contributed by atoms with Crippen molar-refractivity contribution < 1.29 is 46.3 Å². The molecule has 0 radical (unpaired) electrons. The minimum absolute atomic E-state index is 0.0514. The van der Waals surface area contributed by atoms with Crippen LogP contribution in [0.3, 0.4) is 0 Å². The molecule has 75 heavy (non-hydrogen) atoms. The lowest BCUT2D eigenvalue weighted by Gasteiger charge is -2.42. The Morgan fingerprint density at radius 1 is 0.667 bits per heavy atom. The number of nitrogens with zero attached hydrogens (tertiary/aromatic N) is 6. The molecule has 4 aromatic carbocycles. The number of amides is 3. The molecule has 4 aromatic heterocycles. The number of nitrogens with two attached hydrogens (primary N) is 3. The van der Waals surface area contributed by atoms with Crippen LogP contribution in [0.2, 0.25) is 10.0 Å². The first-order valence-corrected chi connectivity index (χ1v) is 23.5. The minimum Gasteiger partial charge on any atom is -0.478 e. The maximum absolute atomic E-state index is 13.6. The zero-order valence-electron chi connectivity index (χ0n) is 39.6. The molecule has 0 bridgehead atoms. The topological polar surface area (TPSA) is 263 Å². The van der Waals surface area contributed by atoms with Gasteiger partial charge in [0.05, 0.1) is 49.3 Å². The molecule has 0 saturated carbocycles. The number of likely N-dealkylation sites (tertiary alicyclic amines) is 2. The van der Waals surface area contributed by atoms with E-state index in [1.807, 2.05) is 18.2 Å². The first-order valence-electron chi connectivity index (χ1n) is 22.8. The van der Waals surface area contributed by atoms with E-state index in [2.05, 4.69) is 25.3 Å². The number of benzene rings is 4. The largest absolute Gasteiger partial charge is 0.478 e. The fourth-order valence-corrected chi connectivity index (χ4v) is 8.19. The van der Waals surface area contributed by atoms with Crippen molar-refractivity contribution in [2.24, 2.45) is 5.73 Å². The van der Waals surface area contributed by atoms with Crippen molar-refractivity contribution in [3.05, 3.63) is 166 Å². The molecule has 0 unspecified atom stereocenters. The van der Waals surface area contributed by atoms with Crippen LogP contribution in [0.15, 0.2) is 130 Å². The predicted molar refractivity (Wildman–Crippen MR) is 278 cm³/mol. The van der Waals surface area contributed by atoms with Crippen LogP contribution in [-0.2, 0) is 22.7 Å². The SMILES string of the molecule is CC1(F)CN(C(=O)c2ccc(-c3cc(Cl)c4oc(CN)nc4c3)cc2)C1.Nc1ccc(/C=C/C(=O)NCc2nc3cc(-c4ccc(C(=O)N5CC(F)(F)C5)cc4)cc(Cl)c3o2)cn1.Nc1ccc(/C=C/C(=O)O)cn1. The van der Waals surface area contributed by atoms with Gasteiger partial charge in [-0.1, -0.05) is 47.5 Å². The number of alkyl halides is 3. The summed E-state index contributed by atoms with van der Waals surface area (Å²) in [7, 11) is 0. The van der Waals surface area contributed by atoms with Gasteiger partial charge in [-0.2, -0.15) is 0 Å².